The maximum Gasteiger partial charge on any atom is 0.410 e. The zero-order chi connectivity index (χ0) is 90.8. The summed E-state index contributed by atoms with van der Waals surface area (Å²) in [6.45, 7) is 12.0. The molecule has 6 fully saturated rings. The van der Waals surface area contributed by atoms with Crippen LogP contribution in [0.2, 0.25) is 10.0 Å². The van der Waals surface area contributed by atoms with Crippen LogP contribution in [0.5, 0.6) is 5.75 Å². The molecule has 2 saturated heterocycles. The molecule has 0 bridgehead atoms. The average Bonchev–Trinajstić information content (AvgIpc) is 1.43. The van der Waals surface area contributed by atoms with Gasteiger partial charge in [-0.1, -0.05) is 81.2 Å². The van der Waals surface area contributed by atoms with Gasteiger partial charge in [0.25, 0.3) is 5.91 Å². The Morgan fingerprint density at radius 1 is 0.778 bits per heavy atom. The molecule has 11 N–H and O–H groups in total. The minimum atomic E-state index is -1.85. The number of aliphatic hydroxyl groups is 2. The summed E-state index contributed by atoms with van der Waals surface area (Å²) >= 11 is 14.0. The Labute approximate surface area is 745 Å². The number of thioether (sulfide) groups is 1. The Kier molecular flexibility index (Phi) is 33.5. The maximum atomic E-state index is 16.3. The van der Waals surface area contributed by atoms with Crippen LogP contribution in [0.4, 0.5) is 34.5 Å². The number of Topliss-reactive ketones (excluding diaryl/α,β-unsaturated/α-hetero) is 1. The minimum absolute atomic E-state index is 0.0163. The van der Waals surface area contributed by atoms with Crippen molar-refractivity contribution in [2.45, 2.75) is 178 Å². The maximum absolute atomic E-state index is 16.3. The second-order valence-corrected chi connectivity index (χ2v) is 36.6. The number of ether oxygens (including phenoxy) is 7. The van der Waals surface area contributed by atoms with Gasteiger partial charge in [0, 0.05) is 97.4 Å². The first kappa shape index (κ1) is 97.1. The Morgan fingerprint density at radius 2 is 1.46 bits per heavy atom. The third-order valence-electron chi connectivity index (χ3n) is 25.9. The quantitative estimate of drug-likeness (QED) is 0.0164. The number of methoxy groups -OCH3 is 1. The number of hydrogen-bond acceptors (Lipinski definition) is 23. The van der Waals surface area contributed by atoms with Crippen molar-refractivity contribution in [2.75, 3.05) is 122 Å². The molecule has 5 aromatic rings. The topological polar surface area (TPSA) is 429 Å². The van der Waals surface area contributed by atoms with E-state index in [-0.39, 0.29) is 181 Å². The van der Waals surface area contributed by atoms with Crippen molar-refractivity contribution in [1.29, 1.82) is 5.26 Å². The van der Waals surface area contributed by atoms with Gasteiger partial charge in [-0.15, -0.1) is 0 Å². The van der Waals surface area contributed by atoms with E-state index in [1.54, 1.807) is 42.2 Å². The first-order valence-electron chi connectivity index (χ1n) is 42.8. The lowest BCUT2D eigenvalue weighted by atomic mass is 9.42. The molecule has 0 unspecified atom stereocenters. The van der Waals surface area contributed by atoms with Gasteiger partial charge < -0.3 is 101 Å². The van der Waals surface area contributed by atoms with E-state index in [1.807, 2.05) is 27.0 Å². The fourth-order valence-electron chi connectivity index (χ4n) is 19.5. The summed E-state index contributed by atoms with van der Waals surface area (Å²) in [7, 11) is 1.35. The number of nitrogens with zero attached hydrogens (tertiary/aromatic N) is 3. The number of nitrogens with one attached hydrogen (secondary N) is 7. The number of piperazine rings is 1. The number of ketones is 1. The third-order valence-corrected chi connectivity index (χ3v) is 27.0. The Bertz CT molecular complexity index is 4790. The van der Waals surface area contributed by atoms with Crippen molar-refractivity contribution >= 4 is 99.9 Å². The molecule has 0 spiro atoms. The number of nitriles is 1. The number of rotatable bonds is 38. The summed E-state index contributed by atoms with van der Waals surface area (Å²) in [5.74, 6) is -6.81. The SMILES string of the molecule is COc1cc(C(=O)NCCOCCOCCOCCOCCC(=O)N[C@@H](CCSC)C(=O)N[C@@H](CCCNC(N)=O)C(=O)Nc2ccc(COC(=O)N3CCN(C(=O)O[C@H]4CC[C@@]5(C)[C@H](CC[C@@H]6[C@@H]5[C@H](O)C(=O)[C@]5(C)[C@@H](c7ccc(=O)oc7)CC[C@]65O)C4)CC3)cc2)ccc1NC(=O)[C@@H]1N[C@@H](CC(C)(C)C)[C@](C#N)(c2ccc(Cl)cc2F)[C@H]1c1cccc(Cl)c1F. The zero-order valence-corrected chi connectivity index (χ0v) is 74.3. The molecule has 6 aliphatic rings. The van der Waals surface area contributed by atoms with Crippen LogP contribution in [0.1, 0.15) is 156 Å². The first-order valence-corrected chi connectivity index (χ1v) is 44.9. The van der Waals surface area contributed by atoms with Crippen LogP contribution in [0.25, 0.3) is 0 Å². The number of hydrogen-bond donors (Lipinski definition) is 10. The lowest BCUT2D eigenvalue weighted by molar-refractivity contribution is -0.228. The van der Waals surface area contributed by atoms with Crippen LogP contribution < -0.4 is 53.3 Å². The second kappa shape index (κ2) is 43.5. The zero-order valence-electron chi connectivity index (χ0n) is 72.0. The molecule has 684 valence electrons. The Hall–Kier alpha value is -9.54. The van der Waals surface area contributed by atoms with Crippen LogP contribution in [-0.2, 0) is 64.4 Å². The van der Waals surface area contributed by atoms with Crippen LogP contribution >= 0.6 is 35.0 Å². The van der Waals surface area contributed by atoms with Crippen molar-refractivity contribution < 1.29 is 99.7 Å². The molecule has 4 aromatic carbocycles. The smallest absolute Gasteiger partial charge is 0.410 e. The Balaban J connectivity index is 0.546. The van der Waals surface area contributed by atoms with E-state index in [4.69, 9.17) is 66.5 Å². The van der Waals surface area contributed by atoms with Gasteiger partial charge in [0.1, 0.15) is 53.7 Å². The predicted octanol–water partition coefficient (Wildman–Crippen LogP) is 10.0. The third kappa shape index (κ3) is 22.8. The number of carbonyl (C=O) groups is 9. The minimum Gasteiger partial charge on any atom is -0.495 e. The van der Waals surface area contributed by atoms with Crippen molar-refractivity contribution in [2.24, 2.45) is 39.7 Å². The molecular formula is C90H115Cl2F2N11O20S. The summed E-state index contributed by atoms with van der Waals surface area (Å²) < 4.78 is 77.5. The van der Waals surface area contributed by atoms with Crippen LogP contribution in [0.3, 0.4) is 0 Å². The van der Waals surface area contributed by atoms with E-state index >= 15 is 8.78 Å². The number of nitrogens with two attached hydrogens (primary N) is 1. The molecular weight excluding hydrogens is 1700 g/mol. The summed E-state index contributed by atoms with van der Waals surface area (Å²) in [6, 6.07) is 19.3. The Morgan fingerprint density at radius 3 is 2.11 bits per heavy atom. The van der Waals surface area contributed by atoms with Crippen LogP contribution in [-0.4, -0.2) is 227 Å². The fraction of sp³-hybridized carbons (Fsp3) is 0.567. The van der Waals surface area contributed by atoms with Gasteiger partial charge in [-0.2, -0.15) is 17.0 Å². The number of benzene rings is 4. The summed E-state index contributed by atoms with van der Waals surface area (Å²) in [5, 5.41) is 55.5. The molecule has 1 aromatic heterocycles. The van der Waals surface area contributed by atoms with E-state index in [0.717, 1.165) is 12.5 Å². The van der Waals surface area contributed by atoms with Crippen molar-refractivity contribution in [1.82, 2.24) is 36.4 Å². The number of halogens is 4. The molecule has 11 rings (SSSR count). The highest BCUT2D eigenvalue weighted by Crippen LogP contribution is 2.70. The van der Waals surface area contributed by atoms with Gasteiger partial charge in [0.05, 0.1) is 100 Å². The number of anilines is 2. The van der Waals surface area contributed by atoms with Gasteiger partial charge in [-0.05, 0) is 184 Å². The highest BCUT2D eigenvalue weighted by Gasteiger charge is 2.74. The van der Waals surface area contributed by atoms with E-state index < -0.39 is 152 Å². The molecule has 9 amide bonds. The average molecular weight is 1810 g/mol. The molecule has 4 saturated carbocycles. The first-order chi connectivity index (χ1) is 60.2. The van der Waals surface area contributed by atoms with Gasteiger partial charge in [-0.25, -0.2) is 28.0 Å². The van der Waals surface area contributed by atoms with Gasteiger partial charge >= 0.3 is 23.8 Å². The number of aliphatic hydroxyl groups excluding tert-OH is 1. The second-order valence-electron chi connectivity index (χ2n) is 34.8. The molecule has 31 nitrogen and oxygen atoms in total. The van der Waals surface area contributed by atoms with Gasteiger partial charge in [0.2, 0.25) is 23.6 Å². The van der Waals surface area contributed by atoms with E-state index in [9.17, 15) is 63.4 Å². The summed E-state index contributed by atoms with van der Waals surface area (Å²) in [4.78, 5) is 137. The number of fused-ring (bicyclic) bond motifs is 5. The summed E-state index contributed by atoms with van der Waals surface area (Å²) in [6.07, 6.45) is 5.01. The van der Waals surface area contributed by atoms with Crippen molar-refractivity contribution in [3.8, 4) is 11.8 Å². The number of urea groups is 1. The standard InChI is InChI=1S/C90H115Cl2F2N11O20S/c1-86(2,3)49-70-89(52-95,62-22-18-57(91)48-65(62)93)73(60-10-8-11-64(92)75(60)94)76(103-70)82(113)101-66-23-15-54(46-69(66)118-6)79(110)97-32-38-120-40-42-122-44-43-121-41-39-119-37-27-71(106)100-68(28-45-126-7)81(112)102-67(12-9-31-98-83(96)114)80(111)99-58-19-13-53(14-20-58)50-124-84(115)104-33-35-105(36-34-104)85(116)125-59-25-29-87(4)56(47-59)17-21-63-74(87)77(108)78(109)88(5)61(26-30-90(63,88)117)55-16-24-72(107)123-51-55/h8,10-11,13-16,18-20,22-24,46,48,51,56,59,61,63,67-68,70,73-74,76-77,103,108,117H,9,12,17,21,25-45,47,49-50H2,1-7H3,(H,97,110)(H,99,111)(H,100,106)(H,101,113)(H,102,112)(H3,96,98,114)/t56-,59+,61-,63-,67+,68+,70+,73+,74-,76-,77+,87+,88+,89+,90+/m1/s1. The summed E-state index contributed by atoms with van der Waals surface area (Å²) in [5.41, 5.74) is 1.12. The number of carbonyl (C=O) groups excluding carboxylic acids is 9. The molecule has 126 heavy (non-hydrogen) atoms. The van der Waals surface area contributed by atoms with Gasteiger partial charge in [-0.3, -0.25) is 28.8 Å². The molecule has 2 aliphatic heterocycles. The predicted molar refractivity (Wildman–Crippen MR) is 465 cm³/mol. The lowest BCUT2D eigenvalue weighted by Crippen LogP contribution is -2.70. The molecule has 0 radical (unpaired) electrons. The highest BCUT2D eigenvalue weighted by molar-refractivity contribution is 7.98. The van der Waals surface area contributed by atoms with Crippen LogP contribution in [0.15, 0.2) is 106 Å². The monoisotopic (exact) mass is 1810 g/mol. The highest BCUT2D eigenvalue weighted by atomic mass is 35.5. The van der Waals surface area contributed by atoms with Crippen molar-refractivity contribution in [3.05, 3.63) is 157 Å². The van der Waals surface area contributed by atoms with E-state index in [2.05, 4.69) is 50.2 Å². The van der Waals surface area contributed by atoms with Crippen LogP contribution in [0, 0.1) is 57.0 Å². The number of primary amides is 1. The molecule has 15 atom stereocenters. The number of amides is 9. The van der Waals surface area contributed by atoms with E-state index in [1.165, 1.54) is 84.6 Å². The molecule has 4 aliphatic carbocycles. The normalized spacial score (nSPS) is 25.5. The fourth-order valence-corrected chi connectivity index (χ4v) is 20.3. The molecule has 3 heterocycles. The van der Waals surface area contributed by atoms with E-state index in [0.29, 0.717) is 61.1 Å². The molecule has 36 heteroatoms. The van der Waals surface area contributed by atoms with Gasteiger partial charge in [0.15, 0.2) is 5.78 Å². The lowest BCUT2D eigenvalue weighted by Gasteiger charge is -2.64. The largest absolute Gasteiger partial charge is 0.495 e. The van der Waals surface area contributed by atoms with Crippen molar-refractivity contribution in [3.63, 3.8) is 0 Å².